The summed E-state index contributed by atoms with van der Waals surface area (Å²) in [6.45, 7) is 2.16. The van der Waals surface area contributed by atoms with E-state index in [1.165, 1.54) is 17.1 Å². The summed E-state index contributed by atoms with van der Waals surface area (Å²) in [7, 11) is 0. The van der Waals surface area contributed by atoms with E-state index < -0.39 is 0 Å². The lowest BCUT2D eigenvalue weighted by molar-refractivity contribution is -0.125. The Kier molecular flexibility index (Phi) is 5.92. The predicted molar refractivity (Wildman–Crippen MR) is 110 cm³/mol. The summed E-state index contributed by atoms with van der Waals surface area (Å²) in [4.78, 5) is 23.6. The predicted octanol–water partition coefficient (Wildman–Crippen LogP) is 3.06. The van der Waals surface area contributed by atoms with Crippen molar-refractivity contribution < 1.29 is 4.79 Å². The first-order chi connectivity index (χ1) is 13.8. The van der Waals surface area contributed by atoms with Gasteiger partial charge in [-0.2, -0.15) is 4.37 Å². The van der Waals surface area contributed by atoms with E-state index in [9.17, 15) is 4.79 Å². The van der Waals surface area contributed by atoms with E-state index in [1.54, 1.807) is 6.20 Å². The summed E-state index contributed by atoms with van der Waals surface area (Å²) in [6, 6.07) is 16.0. The number of anilines is 1. The van der Waals surface area contributed by atoms with Crippen molar-refractivity contribution in [1.82, 2.24) is 19.7 Å². The highest BCUT2D eigenvalue weighted by Gasteiger charge is 2.26. The number of nitrogens with zero attached hydrogens (tertiary/aromatic N) is 4. The fourth-order valence-corrected chi connectivity index (χ4v) is 4.12. The van der Waals surface area contributed by atoms with Crippen molar-refractivity contribution in [2.75, 3.05) is 18.0 Å². The molecule has 1 N–H and O–H groups in total. The zero-order valence-electron chi connectivity index (χ0n) is 15.6. The summed E-state index contributed by atoms with van der Waals surface area (Å²) in [5.41, 5.74) is 2.10. The highest BCUT2D eigenvalue weighted by Crippen LogP contribution is 2.25. The highest BCUT2D eigenvalue weighted by molar-refractivity contribution is 7.09. The van der Waals surface area contributed by atoms with Gasteiger partial charge in [0, 0.05) is 43.2 Å². The number of nitrogens with one attached hydrogen (secondary N) is 1. The van der Waals surface area contributed by atoms with Gasteiger partial charge in [0.2, 0.25) is 11.0 Å². The number of aromatic nitrogens is 3. The molecule has 0 spiro atoms. The first kappa shape index (κ1) is 18.6. The van der Waals surface area contributed by atoms with Crippen LogP contribution in [0.25, 0.3) is 0 Å². The summed E-state index contributed by atoms with van der Waals surface area (Å²) in [5.74, 6) is 1.03. The smallest absolute Gasteiger partial charge is 0.223 e. The Morgan fingerprint density at radius 3 is 2.64 bits per heavy atom. The molecule has 1 saturated heterocycles. The van der Waals surface area contributed by atoms with E-state index >= 15 is 0 Å². The fourth-order valence-electron chi connectivity index (χ4n) is 3.38. The van der Waals surface area contributed by atoms with Gasteiger partial charge < -0.3 is 10.2 Å². The number of piperidine rings is 1. The van der Waals surface area contributed by atoms with Crippen molar-refractivity contribution >= 4 is 22.6 Å². The first-order valence-corrected chi connectivity index (χ1v) is 10.3. The van der Waals surface area contributed by atoms with Gasteiger partial charge in [-0.05, 0) is 30.5 Å². The molecule has 7 heteroatoms. The van der Waals surface area contributed by atoms with Gasteiger partial charge in [0.1, 0.15) is 5.82 Å². The molecule has 1 amide bonds. The van der Waals surface area contributed by atoms with Crippen LogP contribution in [-0.4, -0.2) is 33.3 Å². The Morgan fingerprint density at radius 1 is 1.11 bits per heavy atom. The molecule has 3 aromatic rings. The molecule has 144 valence electrons. The number of benzene rings is 1. The number of hydrogen-bond acceptors (Lipinski definition) is 6. The number of carbonyl (C=O) groups excluding carboxylic acids is 1. The van der Waals surface area contributed by atoms with Crippen LogP contribution >= 0.6 is 11.5 Å². The second kappa shape index (κ2) is 8.93. The van der Waals surface area contributed by atoms with Crippen molar-refractivity contribution in [3.8, 4) is 0 Å². The molecule has 0 atom stereocenters. The topological polar surface area (TPSA) is 71.0 Å². The molecule has 6 nitrogen and oxygen atoms in total. The van der Waals surface area contributed by atoms with E-state index in [0.717, 1.165) is 49.0 Å². The van der Waals surface area contributed by atoms with Crippen LogP contribution in [0.15, 0.2) is 54.7 Å². The largest absolute Gasteiger partial charge is 0.350 e. The van der Waals surface area contributed by atoms with Gasteiger partial charge in [-0.15, -0.1) is 0 Å². The molecule has 1 aliphatic rings. The number of rotatable bonds is 6. The average Bonchev–Trinajstić information content (AvgIpc) is 3.22. The summed E-state index contributed by atoms with van der Waals surface area (Å²) in [6.07, 6.45) is 4.17. The molecule has 0 aliphatic carbocycles. The van der Waals surface area contributed by atoms with Crippen LogP contribution in [0.4, 0.5) is 5.13 Å². The lowest BCUT2D eigenvalue weighted by Crippen LogP contribution is -2.40. The Bertz CT molecular complexity index is 891. The average molecular weight is 394 g/mol. The molecular formula is C21H23N5OS. The molecule has 0 saturated carbocycles. The summed E-state index contributed by atoms with van der Waals surface area (Å²) >= 11 is 1.45. The Morgan fingerprint density at radius 2 is 1.89 bits per heavy atom. The van der Waals surface area contributed by atoms with E-state index in [2.05, 4.69) is 31.7 Å². The first-order valence-electron chi connectivity index (χ1n) is 9.57. The molecule has 2 aromatic heterocycles. The lowest BCUT2D eigenvalue weighted by atomic mass is 9.96. The zero-order valence-corrected chi connectivity index (χ0v) is 16.4. The van der Waals surface area contributed by atoms with E-state index in [-0.39, 0.29) is 11.8 Å². The van der Waals surface area contributed by atoms with E-state index in [1.807, 2.05) is 36.4 Å². The molecule has 0 unspecified atom stereocenters. The van der Waals surface area contributed by atoms with Gasteiger partial charge in [0.15, 0.2) is 0 Å². The number of hydrogen-bond donors (Lipinski definition) is 1. The van der Waals surface area contributed by atoms with Crippen LogP contribution < -0.4 is 10.2 Å². The SMILES string of the molecule is O=C(NCc1ccccn1)C1CCN(c2nc(Cc3ccccc3)ns2)CC1. The normalized spacial score (nSPS) is 14.8. The third kappa shape index (κ3) is 4.72. The van der Waals surface area contributed by atoms with Crippen LogP contribution in [0.5, 0.6) is 0 Å². The third-order valence-electron chi connectivity index (χ3n) is 4.97. The van der Waals surface area contributed by atoms with Crippen molar-refractivity contribution in [2.45, 2.75) is 25.8 Å². The molecule has 3 heterocycles. The van der Waals surface area contributed by atoms with Crippen molar-refractivity contribution in [3.63, 3.8) is 0 Å². The highest BCUT2D eigenvalue weighted by atomic mass is 32.1. The van der Waals surface area contributed by atoms with E-state index in [4.69, 9.17) is 4.98 Å². The van der Waals surface area contributed by atoms with Crippen molar-refractivity contribution in [2.24, 2.45) is 5.92 Å². The Labute approximate surface area is 168 Å². The van der Waals surface area contributed by atoms with Crippen LogP contribution in [-0.2, 0) is 17.8 Å². The molecule has 1 aliphatic heterocycles. The van der Waals surface area contributed by atoms with Crippen LogP contribution in [0, 0.1) is 5.92 Å². The number of amides is 1. The van der Waals surface area contributed by atoms with Crippen molar-refractivity contribution in [3.05, 3.63) is 71.8 Å². The van der Waals surface area contributed by atoms with Crippen LogP contribution in [0.3, 0.4) is 0 Å². The molecule has 1 aromatic carbocycles. The Balaban J connectivity index is 1.26. The molecule has 28 heavy (non-hydrogen) atoms. The van der Waals surface area contributed by atoms with Crippen LogP contribution in [0.1, 0.15) is 29.9 Å². The van der Waals surface area contributed by atoms with Gasteiger partial charge in [-0.25, -0.2) is 4.98 Å². The maximum absolute atomic E-state index is 12.4. The minimum Gasteiger partial charge on any atom is -0.350 e. The number of carbonyl (C=O) groups is 1. The zero-order chi connectivity index (χ0) is 19.2. The van der Waals surface area contributed by atoms with Gasteiger partial charge >= 0.3 is 0 Å². The lowest BCUT2D eigenvalue weighted by Gasteiger charge is -2.30. The van der Waals surface area contributed by atoms with Gasteiger partial charge in [0.25, 0.3) is 0 Å². The standard InChI is InChI=1S/C21H23N5OS/c27-20(23-15-18-8-4-5-11-22-18)17-9-12-26(13-10-17)21-24-19(25-28-21)14-16-6-2-1-3-7-16/h1-8,11,17H,9-10,12-15H2,(H,23,27). The van der Waals surface area contributed by atoms with Crippen molar-refractivity contribution in [1.29, 1.82) is 0 Å². The second-order valence-corrected chi connectivity index (χ2v) is 7.69. The fraction of sp³-hybridized carbons (Fsp3) is 0.333. The molecule has 0 radical (unpaired) electrons. The molecule has 1 fully saturated rings. The molecule has 4 rings (SSSR count). The summed E-state index contributed by atoms with van der Waals surface area (Å²) in [5, 5.41) is 3.97. The summed E-state index contributed by atoms with van der Waals surface area (Å²) < 4.78 is 4.51. The second-order valence-electron chi connectivity index (χ2n) is 6.96. The monoisotopic (exact) mass is 393 g/mol. The maximum atomic E-state index is 12.4. The Hall–Kier alpha value is -2.80. The minimum atomic E-state index is 0.0525. The molecule has 0 bridgehead atoms. The van der Waals surface area contributed by atoms with Gasteiger partial charge in [0.05, 0.1) is 12.2 Å². The van der Waals surface area contributed by atoms with Crippen LogP contribution in [0.2, 0.25) is 0 Å². The third-order valence-corrected chi connectivity index (χ3v) is 5.78. The van der Waals surface area contributed by atoms with Gasteiger partial charge in [-0.3, -0.25) is 9.78 Å². The van der Waals surface area contributed by atoms with E-state index in [0.29, 0.717) is 6.54 Å². The minimum absolute atomic E-state index is 0.0525. The number of pyridine rings is 1. The molecular weight excluding hydrogens is 370 g/mol. The quantitative estimate of drug-likeness (QED) is 0.697. The van der Waals surface area contributed by atoms with Gasteiger partial charge in [-0.1, -0.05) is 36.4 Å². The maximum Gasteiger partial charge on any atom is 0.223 e.